The van der Waals surface area contributed by atoms with Gasteiger partial charge >= 0.3 is 0 Å². The van der Waals surface area contributed by atoms with E-state index in [9.17, 15) is 4.79 Å². The van der Waals surface area contributed by atoms with Gasteiger partial charge in [-0.3, -0.25) is 4.79 Å². The smallest absolute Gasteiger partial charge is 0.225 e. The quantitative estimate of drug-likeness (QED) is 0.713. The molecule has 0 aliphatic heterocycles. The van der Waals surface area contributed by atoms with Crippen LogP contribution >= 0.6 is 0 Å². The van der Waals surface area contributed by atoms with Gasteiger partial charge in [-0.1, -0.05) is 6.92 Å². The molecule has 15 heavy (non-hydrogen) atoms. The second-order valence-corrected chi connectivity index (χ2v) is 4.62. The average molecular weight is 208 g/mol. The van der Waals surface area contributed by atoms with E-state index in [1.807, 2.05) is 0 Å². The molecular formula is C12H20N2O. The van der Waals surface area contributed by atoms with Crippen molar-refractivity contribution in [1.29, 1.82) is 5.26 Å². The molecule has 0 atom stereocenters. The molecule has 0 spiro atoms. The number of amides is 1. The maximum Gasteiger partial charge on any atom is 0.225 e. The van der Waals surface area contributed by atoms with Gasteiger partial charge in [-0.25, -0.2) is 0 Å². The number of hydrogen-bond donors (Lipinski definition) is 0. The summed E-state index contributed by atoms with van der Waals surface area (Å²) in [5, 5.41) is 8.45. The monoisotopic (exact) mass is 208 g/mol. The van der Waals surface area contributed by atoms with Crippen LogP contribution < -0.4 is 0 Å². The Kier molecular flexibility index (Phi) is 4.61. The van der Waals surface area contributed by atoms with E-state index >= 15 is 0 Å². The number of nitrogens with zero attached hydrogens (tertiary/aromatic N) is 2. The van der Waals surface area contributed by atoms with Gasteiger partial charge in [0.25, 0.3) is 0 Å². The molecule has 0 N–H and O–H groups in total. The van der Waals surface area contributed by atoms with Crippen molar-refractivity contribution in [3.05, 3.63) is 0 Å². The molecule has 0 aromatic carbocycles. The number of nitriles is 1. The highest BCUT2D eigenvalue weighted by atomic mass is 16.2. The summed E-state index contributed by atoms with van der Waals surface area (Å²) in [6.45, 7) is 2.82. The molecule has 0 bridgehead atoms. The summed E-state index contributed by atoms with van der Waals surface area (Å²) < 4.78 is 0. The van der Waals surface area contributed by atoms with Crippen LogP contribution in [0.4, 0.5) is 0 Å². The Bertz CT molecular complexity index is 249. The topological polar surface area (TPSA) is 44.1 Å². The maximum absolute atomic E-state index is 11.9. The Morgan fingerprint density at radius 1 is 1.40 bits per heavy atom. The van der Waals surface area contributed by atoms with E-state index in [2.05, 4.69) is 13.0 Å². The van der Waals surface area contributed by atoms with Crippen LogP contribution in [0.5, 0.6) is 0 Å². The highest BCUT2D eigenvalue weighted by Gasteiger charge is 2.26. The average Bonchev–Trinajstić information content (AvgIpc) is 2.26. The van der Waals surface area contributed by atoms with Gasteiger partial charge in [0.1, 0.15) is 0 Å². The van der Waals surface area contributed by atoms with Crippen molar-refractivity contribution in [2.24, 2.45) is 11.8 Å². The van der Waals surface area contributed by atoms with Crippen molar-refractivity contribution in [1.82, 2.24) is 4.90 Å². The summed E-state index contributed by atoms with van der Waals surface area (Å²) >= 11 is 0. The fourth-order valence-corrected chi connectivity index (χ4v) is 2.15. The van der Waals surface area contributed by atoms with E-state index in [-0.39, 0.29) is 11.8 Å². The van der Waals surface area contributed by atoms with Gasteiger partial charge in [0.05, 0.1) is 12.5 Å². The normalized spacial score (nSPS) is 25.7. The van der Waals surface area contributed by atoms with Gasteiger partial charge in [-0.2, -0.15) is 5.26 Å². The predicted molar refractivity (Wildman–Crippen MR) is 59.0 cm³/mol. The third-order valence-electron chi connectivity index (χ3n) is 3.30. The molecule has 3 nitrogen and oxygen atoms in total. The van der Waals surface area contributed by atoms with E-state index in [4.69, 9.17) is 5.26 Å². The molecule has 0 radical (unpaired) electrons. The first kappa shape index (κ1) is 12.0. The lowest BCUT2D eigenvalue weighted by molar-refractivity contribution is -0.135. The minimum atomic E-state index is 0.213. The van der Waals surface area contributed by atoms with Crippen molar-refractivity contribution in [3.63, 3.8) is 0 Å². The van der Waals surface area contributed by atoms with Crippen molar-refractivity contribution < 1.29 is 4.79 Å². The first-order chi connectivity index (χ1) is 7.15. The van der Waals surface area contributed by atoms with Crippen LogP contribution in [0.1, 0.15) is 39.0 Å². The van der Waals surface area contributed by atoms with E-state index in [1.54, 1.807) is 11.9 Å². The number of carbonyl (C=O) groups excluding carboxylic acids is 1. The van der Waals surface area contributed by atoms with Crippen molar-refractivity contribution in [2.75, 3.05) is 13.6 Å². The first-order valence-corrected chi connectivity index (χ1v) is 5.77. The molecule has 1 aliphatic rings. The summed E-state index contributed by atoms with van der Waals surface area (Å²) in [5.41, 5.74) is 0. The molecule has 0 unspecified atom stereocenters. The fraction of sp³-hybridized carbons (Fsp3) is 0.833. The lowest BCUT2D eigenvalue weighted by atomic mass is 9.82. The predicted octanol–water partition coefficient (Wildman–Crippen LogP) is 2.18. The lowest BCUT2D eigenvalue weighted by Crippen LogP contribution is -2.35. The molecular weight excluding hydrogens is 188 g/mol. The largest absolute Gasteiger partial charge is 0.344 e. The molecule has 84 valence electrons. The molecule has 1 amide bonds. The zero-order valence-corrected chi connectivity index (χ0v) is 9.70. The van der Waals surface area contributed by atoms with Gasteiger partial charge < -0.3 is 4.90 Å². The Hall–Kier alpha value is -1.04. The second kappa shape index (κ2) is 5.75. The van der Waals surface area contributed by atoms with Crippen molar-refractivity contribution in [3.8, 4) is 6.07 Å². The van der Waals surface area contributed by atoms with Crippen LogP contribution in [0.2, 0.25) is 0 Å². The summed E-state index contributed by atoms with van der Waals surface area (Å²) in [7, 11) is 1.80. The van der Waals surface area contributed by atoms with Gasteiger partial charge in [-0.15, -0.1) is 0 Å². The van der Waals surface area contributed by atoms with E-state index in [0.717, 1.165) is 18.8 Å². The highest BCUT2D eigenvalue weighted by molar-refractivity contribution is 5.78. The molecule has 3 heteroatoms. The zero-order valence-electron chi connectivity index (χ0n) is 9.70. The minimum Gasteiger partial charge on any atom is -0.344 e. The zero-order chi connectivity index (χ0) is 11.3. The van der Waals surface area contributed by atoms with Crippen LogP contribution in [0.15, 0.2) is 0 Å². The second-order valence-electron chi connectivity index (χ2n) is 4.62. The van der Waals surface area contributed by atoms with Crippen LogP contribution in [0, 0.1) is 23.2 Å². The molecule has 0 aromatic heterocycles. The molecule has 0 aromatic rings. The fourth-order valence-electron chi connectivity index (χ4n) is 2.15. The molecule has 0 heterocycles. The van der Waals surface area contributed by atoms with E-state index < -0.39 is 0 Å². The SMILES string of the molecule is CC1CCC(C(=O)N(C)CCC#N)CC1. The third kappa shape index (κ3) is 3.54. The minimum absolute atomic E-state index is 0.213. The summed E-state index contributed by atoms with van der Waals surface area (Å²) in [4.78, 5) is 13.6. The van der Waals surface area contributed by atoms with Crippen molar-refractivity contribution >= 4 is 5.91 Å². The van der Waals surface area contributed by atoms with Gasteiger partial charge in [0, 0.05) is 19.5 Å². The summed E-state index contributed by atoms with van der Waals surface area (Å²) in [5.74, 6) is 1.22. The molecule has 1 saturated carbocycles. The Labute approximate surface area is 92.1 Å². The van der Waals surface area contributed by atoms with Crippen LogP contribution in [0.25, 0.3) is 0 Å². The van der Waals surface area contributed by atoms with Crippen molar-refractivity contribution in [2.45, 2.75) is 39.0 Å². The van der Waals surface area contributed by atoms with Crippen LogP contribution in [-0.2, 0) is 4.79 Å². The summed E-state index contributed by atoms with van der Waals surface area (Å²) in [6.07, 6.45) is 4.82. The number of rotatable bonds is 3. The maximum atomic E-state index is 11.9. The molecule has 1 fully saturated rings. The highest BCUT2D eigenvalue weighted by Crippen LogP contribution is 2.29. The Morgan fingerprint density at radius 2 is 2.00 bits per heavy atom. The molecule has 0 saturated heterocycles. The number of hydrogen-bond acceptors (Lipinski definition) is 2. The third-order valence-corrected chi connectivity index (χ3v) is 3.30. The van der Waals surface area contributed by atoms with Crippen LogP contribution in [-0.4, -0.2) is 24.4 Å². The van der Waals surface area contributed by atoms with Gasteiger partial charge in [0.2, 0.25) is 5.91 Å². The standard InChI is InChI=1S/C12H20N2O/c1-10-4-6-11(7-5-10)12(15)14(2)9-3-8-13/h10-11H,3-7,9H2,1-2H3. The van der Waals surface area contributed by atoms with E-state index in [0.29, 0.717) is 13.0 Å². The molecule has 1 rings (SSSR count). The first-order valence-electron chi connectivity index (χ1n) is 5.77. The van der Waals surface area contributed by atoms with Gasteiger partial charge in [-0.05, 0) is 31.6 Å². The Balaban J connectivity index is 2.36. The Morgan fingerprint density at radius 3 is 2.53 bits per heavy atom. The molecule has 1 aliphatic carbocycles. The van der Waals surface area contributed by atoms with Gasteiger partial charge in [0.15, 0.2) is 0 Å². The summed E-state index contributed by atoms with van der Waals surface area (Å²) in [6, 6.07) is 2.07. The lowest BCUT2D eigenvalue weighted by Gasteiger charge is -2.28. The number of carbonyl (C=O) groups is 1. The van der Waals surface area contributed by atoms with Crippen LogP contribution in [0.3, 0.4) is 0 Å². The van der Waals surface area contributed by atoms with E-state index in [1.165, 1.54) is 12.8 Å².